The Morgan fingerprint density at radius 2 is 2.25 bits per heavy atom. The van der Waals surface area contributed by atoms with Gasteiger partial charge in [-0.25, -0.2) is 4.68 Å². The fraction of sp³-hybridized carbons (Fsp3) is 0.556. The van der Waals surface area contributed by atoms with Crippen LogP contribution in [0.15, 0.2) is 24.4 Å². The molecule has 0 bridgehead atoms. The summed E-state index contributed by atoms with van der Waals surface area (Å²) in [5.41, 5.74) is 3.57. The number of aromatic nitrogens is 3. The molecule has 1 aromatic carbocycles. The van der Waals surface area contributed by atoms with Gasteiger partial charge in [0, 0.05) is 19.6 Å². The highest BCUT2D eigenvalue weighted by Crippen LogP contribution is 2.30. The fourth-order valence-corrected chi connectivity index (χ4v) is 3.61. The summed E-state index contributed by atoms with van der Waals surface area (Å²) in [5.74, 6) is 0.990. The average Bonchev–Trinajstić information content (AvgIpc) is 3.08. The number of aryl methyl sites for hydroxylation is 1. The van der Waals surface area contributed by atoms with Crippen LogP contribution in [-0.2, 0) is 11.3 Å². The predicted octanol–water partition coefficient (Wildman–Crippen LogP) is 2.12. The molecule has 6 heteroatoms. The number of benzene rings is 1. The molecule has 0 radical (unpaired) electrons. The molecule has 24 heavy (non-hydrogen) atoms. The zero-order valence-corrected chi connectivity index (χ0v) is 14.3. The van der Waals surface area contributed by atoms with Gasteiger partial charge in [-0.2, -0.15) is 0 Å². The molecule has 6 nitrogen and oxygen atoms in total. The topological polar surface area (TPSA) is 52.4 Å². The molecule has 3 heterocycles. The van der Waals surface area contributed by atoms with E-state index in [4.69, 9.17) is 9.47 Å². The van der Waals surface area contributed by atoms with E-state index in [1.165, 1.54) is 11.1 Å². The first-order chi connectivity index (χ1) is 11.7. The van der Waals surface area contributed by atoms with Gasteiger partial charge in [-0.05, 0) is 37.5 Å². The number of rotatable bonds is 4. The monoisotopic (exact) mass is 328 g/mol. The molecule has 2 aromatic rings. The predicted molar refractivity (Wildman–Crippen MR) is 90.1 cm³/mol. The molecule has 1 fully saturated rings. The molecule has 1 aromatic heterocycles. The van der Waals surface area contributed by atoms with Crippen LogP contribution in [0.5, 0.6) is 5.75 Å². The summed E-state index contributed by atoms with van der Waals surface area (Å²) in [4.78, 5) is 2.44. The minimum Gasteiger partial charge on any atom is -0.492 e. The first-order valence-corrected chi connectivity index (χ1v) is 8.64. The molecular formula is C18H24N4O2. The molecular weight excluding hydrogens is 304 g/mol. The number of piperidine rings is 1. The van der Waals surface area contributed by atoms with Gasteiger partial charge in [0.1, 0.15) is 12.4 Å². The van der Waals surface area contributed by atoms with Crippen molar-refractivity contribution < 1.29 is 9.47 Å². The maximum absolute atomic E-state index is 6.00. The zero-order valence-electron chi connectivity index (χ0n) is 14.3. The lowest BCUT2D eigenvalue weighted by molar-refractivity contribution is -0.0667. The zero-order chi connectivity index (χ0) is 16.5. The van der Waals surface area contributed by atoms with Crippen LogP contribution in [0.2, 0.25) is 0 Å². The van der Waals surface area contributed by atoms with Crippen LogP contribution >= 0.6 is 0 Å². The average molecular weight is 328 g/mol. The van der Waals surface area contributed by atoms with Crippen LogP contribution < -0.4 is 4.74 Å². The summed E-state index contributed by atoms with van der Waals surface area (Å²) in [6.45, 7) is 8.46. The molecule has 0 saturated carbocycles. The van der Waals surface area contributed by atoms with E-state index in [1.54, 1.807) is 6.20 Å². The van der Waals surface area contributed by atoms with E-state index in [9.17, 15) is 0 Å². The van der Waals surface area contributed by atoms with Gasteiger partial charge >= 0.3 is 0 Å². The Morgan fingerprint density at radius 3 is 3.17 bits per heavy atom. The quantitative estimate of drug-likeness (QED) is 0.860. The molecule has 0 N–H and O–H groups in total. The summed E-state index contributed by atoms with van der Waals surface area (Å²) in [5, 5.41) is 8.28. The van der Waals surface area contributed by atoms with Crippen molar-refractivity contribution >= 4 is 0 Å². The van der Waals surface area contributed by atoms with Gasteiger partial charge in [-0.1, -0.05) is 17.3 Å². The Morgan fingerprint density at radius 1 is 1.33 bits per heavy atom. The van der Waals surface area contributed by atoms with E-state index in [1.807, 2.05) is 10.7 Å². The molecule has 4 rings (SSSR count). The Hall–Kier alpha value is -1.92. The van der Waals surface area contributed by atoms with Crippen molar-refractivity contribution in [2.45, 2.75) is 39.0 Å². The highest BCUT2D eigenvalue weighted by molar-refractivity contribution is 5.38. The van der Waals surface area contributed by atoms with E-state index in [0.717, 1.165) is 37.5 Å². The van der Waals surface area contributed by atoms with Crippen molar-refractivity contribution in [2.24, 2.45) is 0 Å². The van der Waals surface area contributed by atoms with Gasteiger partial charge in [-0.15, -0.1) is 5.10 Å². The molecule has 2 aliphatic rings. The van der Waals surface area contributed by atoms with Gasteiger partial charge in [0.15, 0.2) is 0 Å². The molecule has 128 valence electrons. The SMILES string of the molecule is Cc1cccc(OCCN2CC[C@H]3OCc4cnnn4[C@@H]3C2)c1C. The molecule has 0 spiro atoms. The first kappa shape index (κ1) is 15.6. The third kappa shape index (κ3) is 2.91. The fourth-order valence-electron chi connectivity index (χ4n) is 3.61. The van der Waals surface area contributed by atoms with Gasteiger partial charge < -0.3 is 9.47 Å². The minimum absolute atomic E-state index is 0.260. The van der Waals surface area contributed by atoms with Crippen molar-refractivity contribution in [1.82, 2.24) is 19.9 Å². The second-order valence-electron chi connectivity index (χ2n) is 6.72. The van der Waals surface area contributed by atoms with Crippen LogP contribution in [0.4, 0.5) is 0 Å². The van der Waals surface area contributed by atoms with E-state index in [2.05, 4.69) is 41.2 Å². The maximum atomic E-state index is 6.00. The first-order valence-electron chi connectivity index (χ1n) is 8.64. The number of hydrogen-bond donors (Lipinski definition) is 0. The number of ether oxygens (including phenoxy) is 2. The maximum Gasteiger partial charge on any atom is 0.122 e. The lowest BCUT2D eigenvalue weighted by Crippen LogP contribution is -2.48. The second kappa shape index (κ2) is 6.53. The van der Waals surface area contributed by atoms with Crippen molar-refractivity contribution in [3.63, 3.8) is 0 Å². The van der Waals surface area contributed by atoms with Crippen molar-refractivity contribution in [1.29, 1.82) is 0 Å². The standard InChI is InChI=1S/C18H24N4O2/c1-13-4-3-5-17(14(13)2)23-9-8-21-7-6-18-16(11-21)22-15(12-24-18)10-19-20-22/h3-5,10,16,18H,6-9,11-12H2,1-2H3/t16-,18-/m1/s1. The van der Waals surface area contributed by atoms with Gasteiger partial charge in [0.25, 0.3) is 0 Å². The largest absolute Gasteiger partial charge is 0.492 e. The number of fused-ring (bicyclic) bond motifs is 3. The van der Waals surface area contributed by atoms with Gasteiger partial charge in [0.05, 0.1) is 30.6 Å². The number of likely N-dealkylation sites (tertiary alicyclic amines) is 1. The number of hydrogen-bond acceptors (Lipinski definition) is 5. The van der Waals surface area contributed by atoms with Crippen LogP contribution in [0.3, 0.4) is 0 Å². The molecule has 0 aliphatic carbocycles. The lowest BCUT2D eigenvalue weighted by atomic mass is 10.0. The van der Waals surface area contributed by atoms with E-state index >= 15 is 0 Å². The molecule has 2 atom stereocenters. The van der Waals surface area contributed by atoms with Crippen LogP contribution in [0.1, 0.15) is 29.3 Å². The third-order valence-electron chi connectivity index (χ3n) is 5.23. The Labute approximate surface area is 142 Å². The molecule has 0 amide bonds. The van der Waals surface area contributed by atoms with E-state index in [-0.39, 0.29) is 12.1 Å². The van der Waals surface area contributed by atoms with Crippen molar-refractivity contribution in [3.05, 3.63) is 41.2 Å². The van der Waals surface area contributed by atoms with Gasteiger partial charge in [0.2, 0.25) is 0 Å². The summed E-state index contributed by atoms with van der Waals surface area (Å²) in [6, 6.07) is 6.48. The third-order valence-corrected chi connectivity index (χ3v) is 5.23. The van der Waals surface area contributed by atoms with Crippen LogP contribution in [0, 0.1) is 13.8 Å². The van der Waals surface area contributed by atoms with Crippen LogP contribution in [0.25, 0.3) is 0 Å². The van der Waals surface area contributed by atoms with Gasteiger partial charge in [-0.3, -0.25) is 4.90 Å². The summed E-state index contributed by atoms with van der Waals surface area (Å²) >= 11 is 0. The Bertz CT molecular complexity index is 715. The number of nitrogens with zero attached hydrogens (tertiary/aromatic N) is 4. The lowest BCUT2D eigenvalue weighted by Gasteiger charge is -2.40. The Kier molecular flexibility index (Phi) is 4.24. The van der Waals surface area contributed by atoms with E-state index < -0.39 is 0 Å². The second-order valence-corrected chi connectivity index (χ2v) is 6.72. The highest BCUT2D eigenvalue weighted by Gasteiger charge is 2.36. The smallest absolute Gasteiger partial charge is 0.122 e. The summed E-state index contributed by atoms with van der Waals surface area (Å²) in [7, 11) is 0. The summed E-state index contributed by atoms with van der Waals surface area (Å²) in [6.07, 6.45) is 3.10. The van der Waals surface area contributed by atoms with E-state index in [0.29, 0.717) is 13.2 Å². The summed E-state index contributed by atoms with van der Waals surface area (Å²) < 4.78 is 14.0. The molecule has 0 unspecified atom stereocenters. The molecule has 2 aliphatic heterocycles. The van der Waals surface area contributed by atoms with Crippen molar-refractivity contribution in [3.8, 4) is 5.75 Å². The Balaban J connectivity index is 1.35. The minimum atomic E-state index is 0.260. The van der Waals surface area contributed by atoms with Crippen molar-refractivity contribution in [2.75, 3.05) is 26.2 Å². The highest BCUT2D eigenvalue weighted by atomic mass is 16.5. The normalized spacial score (nSPS) is 23.6. The molecule has 1 saturated heterocycles. The van der Waals surface area contributed by atoms with Crippen LogP contribution in [-0.4, -0.2) is 52.2 Å².